The standard InChI is InChI=1S/C12H19NO3/c1-15-9-12-5-4-11(16-12)8-13(6-7-14)10-2-3-10/h4-5,10,14H,2-3,6-9H2,1H3. The molecule has 0 aliphatic heterocycles. The molecule has 0 unspecified atom stereocenters. The molecular weight excluding hydrogens is 206 g/mol. The molecule has 2 rings (SSSR count). The van der Waals surface area contributed by atoms with Crippen LogP contribution in [0.2, 0.25) is 0 Å². The van der Waals surface area contributed by atoms with Crippen molar-refractivity contribution in [2.45, 2.75) is 32.0 Å². The van der Waals surface area contributed by atoms with Crippen molar-refractivity contribution in [1.82, 2.24) is 4.90 Å². The van der Waals surface area contributed by atoms with Crippen molar-refractivity contribution in [3.63, 3.8) is 0 Å². The smallest absolute Gasteiger partial charge is 0.129 e. The fraction of sp³-hybridized carbons (Fsp3) is 0.667. The molecule has 0 radical (unpaired) electrons. The monoisotopic (exact) mass is 225 g/mol. The Bertz CT molecular complexity index is 320. The number of aliphatic hydroxyl groups excluding tert-OH is 1. The summed E-state index contributed by atoms with van der Waals surface area (Å²) < 4.78 is 10.6. The topological polar surface area (TPSA) is 45.8 Å². The largest absolute Gasteiger partial charge is 0.462 e. The SMILES string of the molecule is COCc1ccc(CN(CCO)C2CC2)o1. The Morgan fingerprint density at radius 1 is 1.44 bits per heavy atom. The van der Waals surface area contributed by atoms with Gasteiger partial charge < -0.3 is 14.3 Å². The fourth-order valence-electron chi connectivity index (χ4n) is 1.89. The van der Waals surface area contributed by atoms with Crippen LogP contribution in [0.3, 0.4) is 0 Å². The molecule has 0 spiro atoms. The highest BCUT2D eigenvalue weighted by Crippen LogP contribution is 2.28. The lowest BCUT2D eigenvalue weighted by molar-refractivity contribution is 0.152. The summed E-state index contributed by atoms with van der Waals surface area (Å²) in [5, 5.41) is 8.99. The molecule has 1 saturated carbocycles. The summed E-state index contributed by atoms with van der Waals surface area (Å²) in [4.78, 5) is 2.27. The maximum Gasteiger partial charge on any atom is 0.129 e. The zero-order chi connectivity index (χ0) is 11.4. The molecule has 0 amide bonds. The lowest BCUT2D eigenvalue weighted by Crippen LogP contribution is -2.28. The second kappa shape index (κ2) is 5.48. The normalized spacial score (nSPS) is 15.9. The van der Waals surface area contributed by atoms with Gasteiger partial charge in [0.25, 0.3) is 0 Å². The van der Waals surface area contributed by atoms with Crippen LogP contribution in [0, 0.1) is 0 Å². The van der Waals surface area contributed by atoms with Crippen molar-refractivity contribution in [2.75, 3.05) is 20.3 Å². The van der Waals surface area contributed by atoms with Crippen molar-refractivity contribution < 1.29 is 14.3 Å². The van der Waals surface area contributed by atoms with Crippen LogP contribution in [-0.4, -0.2) is 36.3 Å². The van der Waals surface area contributed by atoms with Crippen LogP contribution in [0.4, 0.5) is 0 Å². The van der Waals surface area contributed by atoms with E-state index in [1.54, 1.807) is 7.11 Å². The number of furan rings is 1. The second-order valence-corrected chi connectivity index (χ2v) is 4.23. The average molecular weight is 225 g/mol. The van der Waals surface area contributed by atoms with Crippen LogP contribution < -0.4 is 0 Å². The van der Waals surface area contributed by atoms with Crippen molar-refractivity contribution in [1.29, 1.82) is 0 Å². The Labute approximate surface area is 95.8 Å². The molecule has 1 aromatic rings. The minimum absolute atomic E-state index is 0.210. The summed E-state index contributed by atoms with van der Waals surface area (Å²) in [6.45, 7) is 2.24. The Morgan fingerprint density at radius 3 is 2.81 bits per heavy atom. The third-order valence-electron chi connectivity index (χ3n) is 2.81. The lowest BCUT2D eigenvalue weighted by Gasteiger charge is -2.19. The van der Waals surface area contributed by atoms with Gasteiger partial charge in [0, 0.05) is 19.7 Å². The summed E-state index contributed by atoms with van der Waals surface area (Å²) in [7, 11) is 1.66. The van der Waals surface area contributed by atoms with Crippen LogP contribution in [0.25, 0.3) is 0 Å². The molecule has 4 heteroatoms. The molecule has 90 valence electrons. The first kappa shape index (κ1) is 11.6. The predicted octanol–water partition coefficient (Wildman–Crippen LogP) is 1.38. The first-order valence-corrected chi connectivity index (χ1v) is 5.75. The summed E-state index contributed by atoms with van der Waals surface area (Å²) in [6.07, 6.45) is 2.48. The summed E-state index contributed by atoms with van der Waals surface area (Å²) in [6, 6.07) is 4.58. The molecule has 1 aliphatic rings. The van der Waals surface area contributed by atoms with E-state index in [1.165, 1.54) is 12.8 Å². The van der Waals surface area contributed by atoms with E-state index in [2.05, 4.69) is 4.90 Å². The van der Waals surface area contributed by atoms with Gasteiger partial charge in [0.15, 0.2) is 0 Å². The van der Waals surface area contributed by atoms with Crippen molar-refractivity contribution >= 4 is 0 Å². The Morgan fingerprint density at radius 2 is 2.19 bits per heavy atom. The van der Waals surface area contributed by atoms with Crippen molar-refractivity contribution in [2.24, 2.45) is 0 Å². The van der Waals surface area contributed by atoms with E-state index < -0.39 is 0 Å². The van der Waals surface area contributed by atoms with Crippen LogP contribution >= 0.6 is 0 Å². The minimum atomic E-state index is 0.210. The molecule has 0 aromatic carbocycles. The van der Waals surface area contributed by atoms with Crippen LogP contribution in [-0.2, 0) is 17.9 Å². The average Bonchev–Trinajstić information content (AvgIpc) is 3.02. The molecule has 1 N–H and O–H groups in total. The predicted molar refractivity (Wildman–Crippen MR) is 59.9 cm³/mol. The van der Waals surface area contributed by atoms with Gasteiger partial charge >= 0.3 is 0 Å². The molecule has 1 aliphatic carbocycles. The molecule has 4 nitrogen and oxygen atoms in total. The van der Waals surface area contributed by atoms with E-state index in [-0.39, 0.29) is 6.61 Å². The van der Waals surface area contributed by atoms with E-state index in [0.29, 0.717) is 12.6 Å². The molecule has 1 fully saturated rings. The summed E-state index contributed by atoms with van der Waals surface area (Å²) in [5.41, 5.74) is 0. The number of rotatable bonds is 7. The highest BCUT2D eigenvalue weighted by Gasteiger charge is 2.28. The van der Waals surface area contributed by atoms with E-state index in [4.69, 9.17) is 14.3 Å². The third-order valence-corrected chi connectivity index (χ3v) is 2.81. The molecule has 16 heavy (non-hydrogen) atoms. The number of aliphatic hydroxyl groups is 1. The maximum absolute atomic E-state index is 8.99. The van der Waals surface area contributed by atoms with Crippen LogP contribution in [0.1, 0.15) is 24.4 Å². The maximum atomic E-state index is 8.99. The number of methoxy groups -OCH3 is 1. The van der Waals surface area contributed by atoms with Gasteiger partial charge in [-0.2, -0.15) is 0 Å². The Balaban J connectivity index is 1.89. The minimum Gasteiger partial charge on any atom is -0.462 e. The molecule has 1 heterocycles. The molecule has 0 bridgehead atoms. The zero-order valence-electron chi connectivity index (χ0n) is 9.69. The van der Waals surface area contributed by atoms with Gasteiger partial charge in [0.05, 0.1) is 13.2 Å². The van der Waals surface area contributed by atoms with E-state index in [9.17, 15) is 0 Å². The second-order valence-electron chi connectivity index (χ2n) is 4.23. The number of hydrogen-bond donors (Lipinski definition) is 1. The highest BCUT2D eigenvalue weighted by molar-refractivity contribution is 5.07. The summed E-state index contributed by atoms with van der Waals surface area (Å²) in [5.74, 6) is 1.81. The quantitative estimate of drug-likeness (QED) is 0.761. The van der Waals surface area contributed by atoms with Gasteiger partial charge in [-0.25, -0.2) is 0 Å². The van der Waals surface area contributed by atoms with E-state index in [1.807, 2.05) is 12.1 Å². The van der Waals surface area contributed by atoms with Gasteiger partial charge in [-0.15, -0.1) is 0 Å². The zero-order valence-corrected chi connectivity index (χ0v) is 9.69. The number of ether oxygens (including phenoxy) is 1. The van der Waals surface area contributed by atoms with E-state index >= 15 is 0 Å². The first-order valence-electron chi connectivity index (χ1n) is 5.75. The Hall–Kier alpha value is -0.840. The molecule has 1 aromatic heterocycles. The van der Waals surface area contributed by atoms with Gasteiger partial charge in [0.2, 0.25) is 0 Å². The number of nitrogens with zero attached hydrogens (tertiary/aromatic N) is 1. The van der Waals surface area contributed by atoms with Gasteiger partial charge in [0.1, 0.15) is 18.1 Å². The number of hydrogen-bond acceptors (Lipinski definition) is 4. The van der Waals surface area contributed by atoms with Crippen molar-refractivity contribution in [3.8, 4) is 0 Å². The van der Waals surface area contributed by atoms with Crippen LogP contribution in [0.15, 0.2) is 16.5 Å². The van der Waals surface area contributed by atoms with Crippen molar-refractivity contribution in [3.05, 3.63) is 23.7 Å². The van der Waals surface area contributed by atoms with Gasteiger partial charge in [-0.1, -0.05) is 0 Å². The summed E-state index contributed by atoms with van der Waals surface area (Å²) >= 11 is 0. The van der Waals surface area contributed by atoms with Gasteiger partial charge in [-0.3, -0.25) is 4.90 Å². The lowest BCUT2D eigenvalue weighted by atomic mass is 10.3. The Kier molecular flexibility index (Phi) is 3.98. The van der Waals surface area contributed by atoms with E-state index in [0.717, 1.165) is 24.6 Å². The highest BCUT2D eigenvalue weighted by atomic mass is 16.5. The molecule has 0 saturated heterocycles. The third kappa shape index (κ3) is 3.07. The first-order chi connectivity index (χ1) is 7.83. The molecular formula is C12H19NO3. The fourth-order valence-corrected chi connectivity index (χ4v) is 1.89. The van der Waals surface area contributed by atoms with Gasteiger partial charge in [-0.05, 0) is 25.0 Å². The van der Waals surface area contributed by atoms with Crippen LogP contribution in [0.5, 0.6) is 0 Å². The molecule has 0 atom stereocenters.